The Bertz CT molecular complexity index is 430. The molecule has 0 aromatic carbocycles. The molecule has 1 N–H and O–H groups in total. The highest BCUT2D eigenvalue weighted by Gasteiger charge is 2.38. The van der Waals surface area contributed by atoms with Crippen molar-refractivity contribution in [2.45, 2.75) is 25.9 Å². The van der Waals surface area contributed by atoms with E-state index in [0.29, 0.717) is 32.5 Å². The summed E-state index contributed by atoms with van der Waals surface area (Å²) in [6.45, 7) is 2.45. The fourth-order valence-corrected chi connectivity index (χ4v) is 2.92. The van der Waals surface area contributed by atoms with E-state index in [-0.39, 0.29) is 37.3 Å². The molecule has 2 saturated heterocycles. The Balaban J connectivity index is 0.00000264. The molecule has 0 bridgehead atoms. The Morgan fingerprint density at radius 1 is 1.26 bits per heavy atom. The number of amides is 2. The molecule has 2 rings (SSSR count). The molecule has 2 amide bonds. The zero-order valence-corrected chi connectivity index (χ0v) is 13.9. The van der Waals surface area contributed by atoms with Crippen LogP contribution in [0, 0.1) is 11.8 Å². The topological polar surface area (TPSA) is 52.7 Å². The Kier molecular flexibility index (Phi) is 7.13. The van der Waals surface area contributed by atoms with Crippen molar-refractivity contribution in [3.63, 3.8) is 0 Å². The second-order valence-electron chi connectivity index (χ2n) is 5.95. The number of alkyl halides is 3. The number of piperidine rings is 1. The average Bonchev–Trinajstić information content (AvgIpc) is 2.41. The minimum Gasteiger partial charge on any atom is -0.342 e. The Morgan fingerprint density at radius 3 is 2.39 bits per heavy atom. The largest absolute Gasteiger partial charge is 0.406 e. The maximum Gasteiger partial charge on any atom is 0.406 e. The summed E-state index contributed by atoms with van der Waals surface area (Å²) in [4.78, 5) is 27.0. The Labute approximate surface area is 140 Å². The number of likely N-dealkylation sites (tertiary alicyclic amines) is 1. The maximum atomic E-state index is 12.5. The molecular weight excluding hydrogens is 335 g/mol. The predicted octanol–water partition coefficient (Wildman–Crippen LogP) is 1.28. The van der Waals surface area contributed by atoms with Crippen molar-refractivity contribution in [1.82, 2.24) is 15.1 Å². The lowest BCUT2D eigenvalue weighted by Crippen LogP contribution is -2.55. The number of halogens is 4. The molecular formula is C14H23ClF3N3O2. The lowest BCUT2D eigenvalue weighted by molar-refractivity contribution is -0.165. The molecule has 1 unspecified atom stereocenters. The van der Waals surface area contributed by atoms with Gasteiger partial charge >= 0.3 is 6.18 Å². The van der Waals surface area contributed by atoms with Gasteiger partial charge in [-0.15, -0.1) is 12.4 Å². The van der Waals surface area contributed by atoms with Gasteiger partial charge in [0, 0.05) is 32.7 Å². The third kappa shape index (κ3) is 5.24. The molecule has 23 heavy (non-hydrogen) atoms. The van der Waals surface area contributed by atoms with Crippen LogP contribution in [0.3, 0.4) is 0 Å². The molecule has 1 atom stereocenters. The number of rotatable bonds is 4. The number of carbonyl (C=O) groups is 2. The summed E-state index contributed by atoms with van der Waals surface area (Å²) in [5, 5.41) is 3.02. The first kappa shape index (κ1) is 20.0. The molecule has 2 heterocycles. The molecule has 5 nitrogen and oxygen atoms in total. The minimum absolute atomic E-state index is 0. The predicted molar refractivity (Wildman–Crippen MR) is 81.2 cm³/mol. The van der Waals surface area contributed by atoms with Gasteiger partial charge in [0.1, 0.15) is 6.54 Å². The third-order valence-corrected chi connectivity index (χ3v) is 4.28. The highest BCUT2D eigenvalue weighted by Crippen LogP contribution is 2.23. The van der Waals surface area contributed by atoms with Crippen molar-refractivity contribution in [2.24, 2.45) is 11.8 Å². The summed E-state index contributed by atoms with van der Waals surface area (Å²) >= 11 is 0. The van der Waals surface area contributed by atoms with E-state index >= 15 is 0 Å². The van der Waals surface area contributed by atoms with Crippen LogP contribution >= 0.6 is 12.4 Å². The molecule has 0 spiro atoms. The van der Waals surface area contributed by atoms with Crippen LogP contribution in [0.1, 0.15) is 19.8 Å². The zero-order valence-electron chi connectivity index (χ0n) is 13.1. The normalized spacial score (nSPS) is 22.1. The van der Waals surface area contributed by atoms with E-state index in [0.717, 1.165) is 4.90 Å². The second-order valence-corrected chi connectivity index (χ2v) is 5.95. The molecule has 2 aliphatic heterocycles. The highest BCUT2D eigenvalue weighted by atomic mass is 35.5. The van der Waals surface area contributed by atoms with Gasteiger partial charge in [-0.2, -0.15) is 13.2 Å². The van der Waals surface area contributed by atoms with Gasteiger partial charge in [0.15, 0.2) is 0 Å². The van der Waals surface area contributed by atoms with Crippen molar-refractivity contribution >= 4 is 24.2 Å². The summed E-state index contributed by atoms with van der Waals surface area (Å²) in [5.41, 5.74) is 0. The van der Waals surface area contributed by atoms with Crippen LogP contribution in [0.5, 0.6) is 0 Å². The summed E-state index contributed by atoms with van der Waals surface area (Å²) in [7, 11) is 0. The first-order chi connectivity index (χ1) is 10.3. The highest BCUT2D eigenvalue weighted by molar-refractivity contribution is 5.85. The van der Waals surface area contributed by atoms with Gasteiger partial charge in [0.05, 0.1) is 11.8 Å². The van der Waals surface area contributed by atoms with E-state index in [1.165, 1.54) is 6.92 Å². The molecule has 0 aromatic rings. The number of hydrogen-bond donors (Lipinski definition) is 1. The molecule has 134 valence electrons. The number of nitrogens with zero attached hydrogens (tertiary/aromatic N) is 2. The smallest absolute Gasteiger partial charge is 0.342 e. The fourth-order valence-electron chi connectivity index (χ4n) is 2.92. The lowest BCUT2D eigenvalue weighted by atomic mass is 9.93. The zero-order chi connectivity index (χ0) is 16.3. The third-order valence-electron chi connectivity index (χ3n) is 4.28. The van der Waals surface area contributed by atoms with Gasteiger partial charge in [-0.3, -0.25) is 9.59 Å². The van der Waals surface area contributed by atoms with Crippen molar-refractivity contribution in [3.05, 3.63) is 0 Å². The first-order valence-electron chi connectivity index (χ1n) is 7.67. The summed E-state index contributed by atoms with van der Waals surface area (Å²) in [6.07, 6.45) is -3.20. The van der Waals surface area contributed by atoms with Crippen LogP contribution in [0.15, 0.2) is 0 Å². The number of hydrogen-bond acceptors (Lipinski definition) is 3. The quantitative estimate of drug-likeness (QED) is 0.824. The van der Waals surface area contributed by atoms with Gasteiger partial charge in [-0.25, -0.2) is 0 Å². The maximum absolute atomic E-state index is 12.5. The van der Waals surface area contributed by atoms with E-state index in [2.05, 4.69) is 5.32 Å². The molecule has 0 radical (unpaired) electrons. The van der Waals surface area contributed by atoms with Gasteiger partial charge in [0.2, 0.25) is 11.8 Å². The summed E-state index contributed by atoms with van der Waals surface area (Å²) < 4.78 is 37.6. The molecule has 0 aliphatic carbocycles. The van der Waals surface area contributed by atoms with E-state index in [4.69, 9.17) is 0 Å². The minimum atomic E-state index is -4.40. The number of carbonyl (C=O) groups excluding carboxylic acids is 2. The van der Waals surface area contributed by atoms with Crippen molar-refractivity contribution in [2.75, 3.05) is 39.3 Å². The molecule has 0 aromatic heterocycles. The standard InChI is InChI=1S/C14H22F3N3O2.ClH/c1-2-19(9-14(15,16)17)12(21)10-4-3-5-20(8-10)13(22)11-6-18-7-11;/h10-11,18H,2-9H2,1H3;1H. The average molecular weight is 358 g/mol. The SMILES string of the molecule is CCN(CC(F)(F)F)C(=O)C1CCCN(C(=O)C2CNC2)C1.Cl. The van der Waals surface area contributed by atoms with Crippen LogP contribution in [-0.2, 0) is 9.59 Å². The molecule has 2 aliphatic rings. The van der Waals surface area contributed by atoms with Crippen LogP contribution in [0.25, 0.3) is 0 Å². The Morgan fingerprint density at radius 2 is 1.91 bits per heavy atom. The van der Waals surface area contributed by atoms with Crippen molar-refractivity contribution in [3.8, 4) is 0 Å². The van der Waals surface area contributed by atoms with Crippen LogP contribution in [-0.4, -0.2) is 67.1 Å². The first-order valence-corrected chi connectivity index (χ1v) is 7.67. The number of nitrogens with one attached hydrogen (secondary N) is 1. The second kappa shape index (κ2) is 8.19. The van der Waals surface area contributed by atoms with Gasteiger partial charge in [-0.05, 0) is 19.8 Å². The Hall–Kier alpha value is -1.02. The van der Waals surface area contributed by atoms with Gasteiger partial charge in [0.25, 0.3) is 0 Å². The van der Waals surface area contributed by atoms with Gasteiger partial charge in [-0.1, -0.05) is 0 Å². The van der Waals surface area contributed by atoms with E-state index in [1.807, 2.05) is 0 Å². The monoisotopic (exact) mass is 357 g/mol. The molecule has 0 saturated carbocycles. The van der Waals surface area contributed by atoms with E-state index in [9.17, 15) is 22.8 Å². The summed E-state index contributed by atoms with van der Waals surface area (Å²) in [6, 6.07) is 0. The van der Waals surface area contributed by atoms with Crippen LogP contribution in [0.2, 0.25) is 0 Å². The van der Waals surface area contributed by atoms with Gasteiger partial charge < -0.3 is 15.1 Å². The van der Waals surface area contributed by atoms with Crippen LogP contribution in [0.4, 0.5) is 13.2 Å². The van der Waals surface area contributed by atoms with Crippen LogP contribution < -0.4 is 5.32 Å². The lowest BCUT2D eigenvalue weighted by Gasteiger charge is -2.38. The summed E-state index contributed by atoms with van der Waals surface area (Å²) in [5.74, 6) is -1.06. The van der Waals surface area contributed by atoms with Crippen molar-refractivity contribution < 1.29 is 22.8 Å². The van der Waals surface area contributed by atoms with E-state index < -0.39 is 24.5 Å². The molecule has 2 fully saturated rings. The van der Waals surface area contributed by atoms with Crippen molar-refractivity contribution in [1.29, 1.82) is 0 Å². The van der Waals surface area contributed by atoms with E-state index in [1.54, 1.807) is 4.90 Å². The fraction of sp³-hybridized carbons (Fsp3) is 0.857. The molecule has 9 heteroatoms.